The predicted octanol–water partition coefficient (Wildman–Crippen LogP) is 4.29. The fourth-order valence-electron chi connectivity index (χ4n) is 2.97. The minimum atomic E-state index is -0.406. The van der Waals surface area contributed by atoms with Crippen LogP contribution in [0.25, 0.3) is 5.69 Å². The Kier molecular flexibility index (Phi) is 6.52. The van der Waals surface area contributed by atoms with Crippen LogP contribution in [0.3, 0.4) is 0 Å². The van der Waals surface area contributed by atoms with Crippen LogP contribution in [0.1, 0.15) is 35.5 Å². The maximum absolute atomic E-state index is 13.2. The van der Waals surface area contributed by atoms with Crippen LogP contribution in [0, 0.1) is 12.7 Å². The lowest BCUT2D eigenvalue weighted by atomic mass is 10.1. The van der Waals surface area contributed by atoms with Crippen molar-refractivity contribution in [1.82, 2.24) is 15.1 Å². The Hall–Kier alpha value is -3.19. The van der Waals surface area contributed by atoms with Gasteiger partial charge in [0.15, 0.2) is 0 Å². The molecule has 0 aliphatic heterocycles. The number of anilines is 1. The number of aromatic nitrogens is 2. The van der Waals surface area contributed by atoms with E-state index in [1.165, 1.54) is 28.9 Å². The van der Waals surface area contributed by atoms with Crippen molar-refractivity contribution in [2.24, 2.45) is 0 Å². The Morgan fingerprint density at radius 3 is 2.33 bits per heavy atom. The summed E-state index contributed by atoms with van der Waals surface area (Å²) in [4.78, 5) is 24.6. The molecule has 0 fully saturated rings. The topological polar surface area (TPSA) is 76.0 Å². The normalized spacial score (nSPS) is 10.9. The van der Waals surface area contributed by atoms with Crippen LogP contribution in [-0.2, 0) is 11.2 Å². The minimum absolute atomic E-state index is 0.0580. The standard InChI is InChI=1S/C22H22ClFN4O2/c1-13(2)25-19(29)12-15-4-8-17(9-5-15)26-22(30)20-14(3)27-28(21(20)23)18-10-6-16(24)7-11-18/h4-11,13H,12H2,1-3H3,(H,25,29)(H,26,30). The van der Waals surface area contributed by atoms with Crippen molar-refractivity contribution in [3.63, 3.8) is 0 Å². The zero-order chi connectivity index (χ0) is 21.8. The Morgan fingerprint density at radius 1 is 1.10 bits per heavy atom. The molecule has 0 aliphatic rings. The maximum atomic E-state index is 13.2. The molecule has 0 unspecified atom stereocenters. The fourth-order valence-corrected chi connectivity index (χ4v) is 3.33. The highest BCUT2D eigenvalue weighted by molar-refractivity contribution is 6.34. The largest absolute Gasteiger partial charge is 0.354 e. The molecular weight excluding hydrogens is 407 g/mol. The molecule has 0 radical (unpaired) electrons. The molecule has 0 spiro atoms. The average Bonchev–Trinajstić information content (AvgIpc) is 2.97. The van der Waals surface area contributed by atoms with E-state index >= 15 is 0 Å². The van der Waals surface area contributed by atoms with Crippen LogP contribution in [0.5, 0.6) is 0 Å². The van der Waals surface area contributed by atoms with Crippen molar-refractivity contribution in [2.75, 3.05) is 5.32 Å². The van der Waals surface area contributed by atoms with Gasteiger partial charge in [-0.25, -0.2) is 9.07 Å². The van der Waals surface area contributed by atoms with Crippen LogP contribution >= 0.6 is 11.6 Å². The van der Waals surface area contributed by atoms with Gasteiger partial charge in [-0.3, -0.25) is 9.59 Å². The van der Waals surface area contributed by atoms with E-state index in [1.54, 1.807) is 31.2 Å². The van der Waals surface area contributed by atoms with Gasteiger partial charge >= 0.3 is 0 Å². The van der Waals surface area contributed by atoms with Gasteiger partial charge < -0.3 is 10.6 Å². The second kappa shape index (κ2) is 9.09. The van der Waals surface area contributed by atoms with Gasteiger partial charge in [0, 0.05) is 11.7 Å². The molecule has 1 aromatic heterocycles. The average molecular weight is 429 g/mol. The molecular formula is C22H22ClFN4O2. The highest BCUT2D eigenvalue weighted by Gasteiger charge is 2.21. The first-order valence-corrected chi connectivity index (χ1v) is 9.83. The molecule has 30 heavy (non-hydrogen) atoms. The van der Waals surface area contributed by atoms with E-state index in [2.05, 4.69) is 15.7 Å². The molecule has 0 saturated heterocycles. The Bertz CT molecular complexity index is 1060. The third kappa shape index (κ3) is 5.04. The number of amides is 2. The van der Waals surface area contributed by atoms with Gasteiger partial charge in [-0.2, -0.15) is 5.10 Å². The molecule has 6 nitrogen and oxygen atoms in total. The molecule has 0 atom stereocenters. The zero-order valence-electron chi connectivity index (χ0n) is 16.9. The number of aryl methyl sites for hydroxylation is 1. The first-order valence-electron chi connectivity index (χ1n) is 9.45. The number of hydrogen-bond acceptors (Lipinski definition) is 3. The summed E-state index contributed by atoms with van der Waals surface area (Å²) < 4.78 is 14.6. The van der Waals surface area contributed by atoms with E-state index in [-0.39, 0.29) is 34.9 Å². The number of rotatable bonds is 6. The predicted molar refractivity (Wildman–Crippen MR) is 115 cm³/mol. The van der Waals surface area contributed by atoms with Gasteiger partial charge in [-0.05, 0) is 62.7 Å². The zero-order valence-corrected chi connectivity index (χ0v) is 17.6. The maximum Gasteiger partial charge on any atom is 0.260 e. The minimum Gasteiger partial charge on any atom is -0.354 e. The van der Waals surface area contributed by atoms with Gasteiger partial charge in [0.2, 0.25) is 5.91 Å². The molecule has 0 saturated carbocycles. The third-order valence-electron chi connectivity index (χ3n) is 4.33. The molecule has 2 amide bonds. The second-order valence-electron chi connectivity index (χ2n) is 7.19. The summed E-state index contributed by atoms with van der Waals surface area (Å²) in [5.74, 6) is -0.838. The van der Waals surface area contributed by atoms with Crippen molar-refractivity contribution in [2.45, 2.75) is 33.2 Å². The lowest BCUT2D eigenvalue weighted by Gasteiger charge is -2.09. The highest BCUT2D eigenvalue weighted by Crippen LogP contribution is 2.25. The van der Waals surface area contributed by atoms with E-state index in [0.29, 0.717) is 17.1 Å². The lowest BCUT2D eigenvalue weighted by molar-refractivity contribution is -0.120. The first-order chi connectivity index (χ1) is 14.2. The van der Waals surface area contributed by atoms with Gasteiger partial charge in [-0.15, -0.1) is 0 Å². The Morgan fingerprint density at radius 2 is 1.73 bits per heavy atom. The Labute approximate surface area is 179 Å². The fraction of sp³-hybridized carbons (Fsp3) is 0.227. The number of nitrogens with zero attached hydrogens (tertiary/aromatic N) is 2. The van der Waals surface area contributed by atoms with Gasteiger partial charge in [0.25, 0.3) is 5.91 Å². The number of carbonyl (C=O) groups is 2. The molecule has 0 aliphatic carbocycles. The van der Waals surface area contributed by atoms with Crippen LogP contribution in [0.2, 0.25) is 5.15 Å². The van der Waals surface area contributed by atoms with Crippen LogP contribution in [-0.4, -0.2) is 27.6 Å². The number of nitrogens with one attached hydrogen (secondary N) is 2. The summed E-state index contributed by atoms with van der Waals surface area (Å²) in [5.41, 5.74) is 2.64. The van der Waals surface area contributed by atoms with Crippen molar-refractivity contribution >= 4 is 29.1 Å². The van der Waals surface area contributed by atoms with Crippen molar-refractivity contribution < 1.29 is 14.0 Å². The molecule has 3 aromatic rings. The molecule has 2 N–H and O–H groups in total. The molecule has 1 heterocycles. The van der Waals surface area contributed by atoms with E-state index in [0.717, 1.165) is 5.56 Å². The molecule has 156 valence electrons. The van der Waals surface area contributed by atoms with E-state index in [1.807, 2.05) is 13.8 Å². The van der Waals surface area contributed by atoms with Crippen LogP contribution in [0.4, 0.5) is 10.1 Å². The summed E-state index contributed by atoms with van der Waals surface area (Å²) in [5, 5.41) is 10.1. The van der Waals surface area contributed by atoms with Crippen molar-refractivity contribution in [1.29, 1.82) is 0 Å². The molecule has 3 rings (SSSR count). The lowest BCUT2D eigenvalue weighted by Crippen LogP contribution is -2.31. The number of hydrogen-bond donors (Lipinski definition) is 2. The van der Waals surface area contributed by atoms with E-state index in [9.17, 15) is 14.0 Å². The summed E-state index contributed by atoms with van der Waals surface area (Å²) in [7, 11) is 0. The van der Waals surface area contributed by atoms with E-state index < -0.39 is 5.91 Å². The first kappa shape index (κ1) is 21.5. The smallest absolute Gasteiger partial charge is 0.260 e. The molecule has 0 bridgehead atoms. The quantitative estimate of drug-likeness (QED) is 0.614. The Balaban J connectivity index is 1.73. The monoisotopic (exact) mass is 428 g/mol. The summed E-state index contributed by atoms with van der Waals surface area (Å²) >= 11 is 6.39. The molecule has 2 aromatic carbocycles. The third-order valence-corrected chi connectivity index (χ3v) is 4.68. The van der Waals surface area contributed by atoms with E-state index in [4.69, 9.17) is 11.6 Å². The summed E-state index contributed by atoms with van der Waals surface area (Å²) in [6, 6.07) is 12.8. The van der Waals surface area contributed by atoms with Crippen molar-refractivity contribution in [3.8, 4) is 5.69 Å². The summed E-state index contributed by atoms with van der Waals surface area (Å²) in [6.07, 6.45) is 0.266. The number of carbonyl (C=O) groups excluding carboxylic acids is 2. The van der Waals surface area contributed by atoms with Gasteiger partial charge in [0.05, 0.1) is 17.8 Å². The summed E-state index contributed by atoms with van der Waals surface area (Å²) in [6.45, 7) is 5.49. The molecule has 8 heteroatoms. The highest BCUT2D eigenvalue weighted by atomic mass is 35.5. The van der Waals surface area contributed by atoms with Crippen LogP contribution in [0.15, 0.2) is 48.5 Å². The van der Waals surface area contributed by atoms with Gasteiger partial charge in [0.1, 0.15) is 16.5 Å². The van der Waals surface area contributed by atoms with Crippen molar-refractivity contribution in [3.05, 3.63) is 76.3 Å². The number of benzene rings is 2. The van der Waals surface area contributed by atoms with Crippen LogP contribution < -0.4 is 10.6 Å². The number of halogens is 2. The van der Waals surface area contributed by atoms with Gasteiger partial charge in [-0.1, -0.05) is 23.7 Å². The second-order valence-corrected chi connectivity index (χ2v) is 7.55. The SMILES string of the molecule is Cc1nn(-c2ccc(F)cc2)c(Cl)c1C(=O)Nc1ccc(CC(=O)NC(C)C)cc1.